The highest BCUT2D eigenvalue weighted by Gasteiger charge is 2.64. The van der Waals surface area contributed by atoms with E-state index in [1.807, 2.05) is 0 Å². The average Bonchev–Trinajstić information content (AvgIpc) is 3.41. The van der Waals surface area contributed by atoms with Gasteiger partial charge in [0.05, 0.1) is 0 Å². The largest absolute Gasteiger partial charge is 0.457 e. The van der Waals surface area contributed by atoms with Crippen molar-refractivity contribution in [1.29, 1.82) is 0 Å². The minimum Gasteiger partial charge on any atom is -0.457 e. The quantitative estimate of drug-likeness (QED) is 0.373. The third kappa shape index (κ3) is 4.09. The zero-order chi connectivity index (χ0) is 23.2. The minimum atomic E-state index is -0.910. The van der Waals surface area contributed by atoms with E-state index in [4.69, 9.17) is 28.4 Å². The van der Waals surface area contributed by atoms with Crippen LogP contribution in [0.15, 0.2) is 30.3 Å². The molecule has 5 atom stereocenters. The summed E-state index contributed by atoms with van der Waals surface area (Å²) in [5.74, 6) is -2.88. The van der Waals surface area contributed by atoms with Crippen LogP contribution < -0.4 is 0 Å². The summed E-state index contributed by atoms with van der Waals surface area (Å²) in [7, 11) is 0. The maximum atomic E-state index is 12.5. The Morgan fingerprint density at radius 3 is 2.03 bits per heavy atom. The highest BCUT2D eigenvalue weighted by atomic mass is 16.9. The zero-order valence-electron chi connectivity index (χ0n) is 19.3. The molecule has 0 bridgehead atoms. The summed E-state index contributed by atoms with van der Waals surface area (Å²) in [4.78, 5) is 24.9. The van der Waals surface area contributed by atoms with Crippen molar-refractivity contribution in [3.05, 3.63) is 35.9 Å². The third-order valence-electron chi connectivity index (χ3n) is 7.81. The molecule has 0 amide bonds. The Hall–Kier alpha value is -1.84. The molecular formula is C26H32O8. The first-order valence-electron chi connectivity index (χ1n) is 12.7. The molecule has 3 aliphatic heterocycles. The van der Waals surface area contributed by atoms with Crippen LogP contribution in [-0.2, 0) is 33.2 Å². The molecule has 0 N–H and O–H groups in total. The zero-order valence-corrected chi connectivity index (χ0v) is 19.3. The van der Waals surface area contributed by atoms with Gasteiger partial charge in [-0.05, 0) is 25.7 Å². The summed E-state index contributed by atoms with van der Waals surface area (Å²) in [5.41, 5.74) is 0.295. The fraction of sp³-hybridized carbons (Fsp3) is 0.692. The number of hydrogen-bond donors (Lipinski definition) is 0. The van der Waals surface area contributed by atoms with Gasteiger partial charge in [-0.3, -0.25) is 4.79 Å². The first kappa shape index (κ1) is 22.6. The molecule has 8 heteroatoms. The van der Waals surface area contributed by atoms with E-state index >= 15 is 0 Å². The maximum absolute atomic E-state index is 12.5. The van der Waals surface area contributed by atoms with E-state index in [1.165, 1.54) is 6.42 Å². The first-order chi connectivity index (χ1) is 16.6. The fourth-order valence-corrected chi connectivity index (χ4v) is 6.10. The second-order valence-electron chi connectivity index (χ2n) is 10.1. The van der Waals surface area contributed by atoms with Crippen molar-refractivity contribution in [3.8, 4) is 0 Å². The van der Waals surface area contributed by atoms with Gasteiger partial charge in [-0.2, -0.15) is 0 Å². The summed E-state index contributed by atoms with van der Waals surface area (Å²) in [6.45, 7) is -0.113. The van der Waals surface area contributed by atoms with Gasteiger partial charge in [0.25, 0.3) is 5.78 Å². The molecule has 0 radical (unpaired) electrons. The van der Waals surface area contributed by atoms with E-state index < -0.39 is 41.8 Å². The number of benzene rings is 1. The molecule has 6 rings (SSSR count). The Bertz CT molecular complexity index is 905. The molecule has 1 aromatic carbocycles. The van der Waals surface area contributed by atoms with E-state index in [0.29, 0.717) is 5.56 Å². The molecule has 1 aromatic rings. The van der Waals surface area contributed by atoms with Gasteiger partial charge in [0, 0.05) is 31.2 Å². The molecule has 5 aliphatic rings. The summed E-state index contributed by atoms with van der Waals surface area (Å²) >= 11 is 0. The fourth-order valence-electron chi connectivity index (χ4n) is 6.10. The number of ether oxygens (including phenoxy) is 6. The SMILES string of the molecule is O=C(OC[C@H]1O[C@@H]2OC3(CCCCC3)O[C@@H]2[C@H]2OC3(CCCCC3)O[C@H]21)C(=O)c1ccccc1. The number of carbonyl (C=O) groups is 2. The van der Waals surface area contributed by atoms with Crippen LogP contribution in [0.1, 0.15) is 74.6 Å². The topological polar surface area (TPSA) is 89.5 Å². The lowest BCUT2D eigenvalue weighted by Gasteiger charge is -2.36. The predicted octanol–water partition coefficient (Wildman–Crippen LogP) is 3.66. The van der Waals surface area contributed by atoms with E-state index in [1.54, 1.807) is 30.3 Å². The van der Waals surface area contributed by atoms with Crippen molar-refractivity contribution in [2.75, 3.05) is 6.61 Å². The molecule has 0 unspecified atom stereocenters. The van der Waals surface area contributed by atoms with Gasteiger partial charge >= 0.3 is 5.97 Å². The number of hydrogen-bond acceptors (Lipinski definition) is 8. The van der Waals surface area contributed by atoms with Crippen molar-refractivity contribution in [2.24, 2.45) is 0 Å². The maximum Gasteiger partial charge on any atom is 0.379 e. The number of esters is 1. The van der Waals surface area contributed by atoms with Crippen molar-refractivity contribution in [1.82, 2.24) is 0 Å². The lowest BCUT2D eigenvalue weighted by molar-refractivity contribution is -0.255. The highest BCUT2D eigenvalue weighted by molar-refractivity contribution is 6.40. The molecular weight excluding hydrogens is 440 g/mol. The van der Waals surface area contributed by atoms with Crippen LogP contribution in [0.4, 0.5) is 0 Å². The van der Waals surface area contributed by atoms with Crippen molar-refractivity contribution in [3.63, 3.8) is 0 Å². The number of ketones is 1. The minimum absolute atomic E-state index is 0.113. The number of fused-ring (bicyclic) bond motifs is 3. The standard InChI is InChI=1S/C26H32O8/c27-19(17-10-4-1-5-11-17)23(28)29-16-18-20-21(32-25(31-20)12-6-2-7-13-25)22-24(30-18)34-26(33-22)14-8-3-9-15-26/h1,4-5,10-11,18,20-22,24H,2-3,6-9,12-16H2/t18-,20+,21+,22-,24-/m1/s1. The van der Waals surface area contributed by atoms with Crippen LogP contribution in [0, 0.1) is 0 Å². The van der Waals surface area contributed by atoms with Crippen LogP contribution in [0.5, 0.6) is 0 Å². The van der Waals surface area contributed by atoms with Gasteiger partial charge in [0.15, 0.2) is 17.9 Å². The Balaban J connectivity index is 1.19. The number of carbonyl (C=O) groups excluding carboxylic acids is 2. The van der Waals surface area contributed by atoms with Gasteiger partial charge in [-0.15, -0.1) is 0 Å². The van der Waals surface area contributed by atoms with Gasteiger partial charge in [-0.1, -0.05) is 43.2 Å². The molecule has 0 aromatic heterocycles. The smallest absolute Gasteiger partial charge is 0.379 e. The van der Waals surface area contributed by atoms with Crippen LogP contribution in [0.25, 0.3) is 0 Å². The normalized spacial score (nSPS) is 35.6. The molecule has 3 heterocycles. The van der Waals surface area contributed by atoms with E-state index in [9.17, 15) is 9.59 Å². The average molecular weight is 473 g/mol. The summed E-state index contributed by atoms with van der Waals surface area (Å²) < 4.78 is 37.6. The van der Waals surface area contributed by atoms with Gasteiger partial charge in [0.1, 0.15) is 31.0 Å². The molecule has 2 aliphatic carbocycles. The van der Waals surface area contributed by atoms with Crippen molar-refractivity contribution < 1.29 is 38.0 Å². The lowest BCUT2D eigenvalue weighted by atomic mass is 9.94. The Morgan fingerprint density at radius 1 is 0.765 bits per heavy atom. The number of Topliss-reactive ketones (excluding diaryl/α,β-unsaturated/α-hetero) is 1. The lowest BCUT2D eigenvalue weighted by Crippen LogP contribution is -2.56. The third-order valence-corrected chi connectivity index (χ3v) is 7.81. The second kappa shape index (κ2) is 8.99. The molecule has 2 spiro atoms. The monoisotopic (exact) mass is 472 g/mol. The van der Waals surface area contributed by atoms with Crippen LogP contribution >= 0.6 is 0 Å². The van der Waals surface area contributed by atoms with E-state index in [2.05, 4.69) is 0 Å². The van der Waals surface area contributed by atoms with Crippen LogP contribution in [0.2, 0.25) is 0 Å². The van der Waals surface area contributed by atoms with Gasteiger partial charge in [0.2, 0.25) is 0 Å². The number of rotatable bonds is 4. The first-order valence-corrected chi connectivity index (χ1v) is 12.7. The molecule has 5 fully saturated rings. The summed E-state index contributed by atoms with van der Waals surface area (Å²) in [6, 6.07) is 8.39. The molecule has 34 heavy (non-hydrogen) atoms. The van der Waals surface area contributed by atoms with Crippen LogP contribution in [-0.4, -0.2) is 60.6 Å². The van der Waals surface area contributed by atoms with E-state index in [0.717, 1.165) is 57.8 Å². The van der Waals surface area contributed by atoms with Gasteiger partial charge in [-0.25, -0.2) is 4.79 Å². The van der Waals surface area contributed by atoms with Gasteiger partial charge < -0.3 is 28.4 Å². The Morgan fingerprint density at radius 2 is 1.35 bits per heavy atom. The molecule has 8 nitrogen and oxygen atoms in total. The molecule has 184 valence electrons. The van der Waals surface area contributed by atoms with Crippen molar-refractivity contribution >= 4 is 11.8 Å². The highest BCUT2D eigenvalue weighted by Crippen LogP contribution is 2.50. The Labute approximate surface area is 199 Å². The van der Waals surface area contributed by atoms with Crippen LogP contribution in [0.3, 0.4) is 0 Å². The second-order valence-corrected chi connectivity index (χ2v) is 10.1. The van der Waals surface area contributed by atoms with Crippen molar-refractivity contribution in [2.45, 2.75) is 106 Å². The Kier molecular flexibility index (Phi) is 5.98. The summed E-state index contributed by atoms with van der Waals surface area (Å²) in [5, 5.41) is 0. The molecule has 3 saturated heterocycles. The van der Waals surface area contributed by atoms with E-state index in [-0.39, 0.29) is 18.8 Å². The predicted molar refractivity (Wildman–Crippen MR) is 118 cm³/mol. The molecule has 2 saturated carbocycles. The summed E-state index contributed by atoms with van der Waals surface area (Å²) in [6.07, 6.45) is 7.40.